The maximum absolute atomic E-state index is 12.4. The summed E-state index contributed by atoms with van der Waals surface area (Å²) in [7, 11) is 0. The van der Waals surface area contributed by atoms with Crippen molar-refractivity contribution < 1.29 is 33.2 Å². The Morgan fingerprint density at radius 2 is 2.00 bits per heavy atom. The second-order valence-electron chi connectivity index (χ2n) is 6.20. The first-order valence-corrected chi connectivity index (χ1v) is 10.0. The van der Waals surface area contributed by atoms with Crippen LogP contribution in [0, 0.1) is 10.1 Å². The van der Waals surface area contributed by atoms with Crippen LogP contribution in [0.4, 0.5) is 16.4 Å². The third kappa shape index (κ3) is 4.92. The summed E-state index contributed by atoms with van der Waals surface area (Å²) in [4.78, 5) is 47.1. The number of carbonyl (C=O) groups excluding carboxylic acids is 3. The molecule has 0 unspecified atom stereocenters. The van der Waals surface area contributed by atoms with E-state index in [1.54, 1.807) is 24.4 Å². The molecule has 3 rings (SSSR count). The Hall–Kier alpha value is -4.19. The molecule has 0 saturated heterocycles. The molecule has 0 aliphatic rings. The largest absolute Gasteiger partial charge is 0.464 e. The lowest BCUT2D eigenvalue weighted by Gasteiger charge is -2.09. The Morgan fingerprint density at radius 1 is 1.22 bits per heavy atom. The Kier molecular flexibility index (Phi) is 6.85. The van der Waals surface area contributed by atoms with Gasteiger partial charge in [0.05, 0.1) is 29.0 Å². The number of anilines is 2. The van der Waals surface area contributed by atoms with Crippen LogP contribution in [0.25, 0.3) is 11.3 Å². The van der Waals surface area contributed by atoms with Gasteiger partial charge in [-0.15, -0.1) is 11.3 Å². The fourth-order valence-corrected chi connectivity index (χ4v) is 3.64. The quantitative estimate of drug-likeness (QED) is 0.222. The first-order chi connectivity index (χ1) is 15.3. The highest BCUT2D eigenvalue weighted by Crippen LogP contribution is 2.36. The molecule has 0 fully saturated rings. The molecule has 3 N–H and O–H groups in total. The van der Waals surface area contributed by atoms with E-state index in [-0.39, 0.29) is 34.1 Å². The number of nitro groups is 1. The highest BCUT2D eigenvalue weighted by molar-refractivity contribution is 7.15. The molecule has 0 spiro atoms. The minimum absolute atomic E-state index is 0.117. The molecular weight excluding hydrogens is 442 g/mol. The van der Waals surface area contributed by atoms with E-state index in [1.807, 2.05) is 0 Å². The highest BCUT2D eigenvalue weighted by Gasteiger charge is 2.24. The number of nitrogen functional groups attached to an aromatic ring is 1. The maximum atomic E-state index is 12.4. The number of benzene rings is 1. The van der Waals surface area contributed by atoms with Crippen LogP contribution in [-0.4, -0.2) is 36.0 Å². The molecule has 12 heteroatoms. The predicted molar refractivity (Wildman–Crippen MR) is 114 cm³/mol. The lowest BCUT2D eigenvalue weighted by atomic mass is 10.1. The molecule has 0 radical (unpaired) electrons. The third-order valence-electron chi connectivity index (χ3n) is 4.11. The Bertz CT molecular complexity index is 1170. The zero-order valence-electron chi connectivity index (χ0n) is 16.7. The smallest absolute Gasteiger partial charge is 0.341 e. The van der Waals surface area contributed by atoms with Crippen molar-refractivity contribution in [1.29, 1.82) is 0 Å². The summed E-state index contributed by atoms with van der Waals surface area (Å²) in [5.74, 6) is -1.87. The Morgan fingerprint density at radius 3 is 2.62 bits per heavy atom. The molecule has 1 amide bonds. The number of esters is 2. The van der Waals surface area contributed by atoms with Crippen molar-refractivity contribution in [3.8, 4) is 11.3 Å². The summed E-state index contributed by atoms with van der Waals surface area (Å²) in [6, 6.07) is 6.57. The molecule has 2 heterocycles. The van der Waals surface area contributed by atoms with Crippen molar-refractivity contribution in [1.82, 2.24) is 0 Å². The van der Waals surface area contributed by atoms with E-state index >= 15 is 0 Å². The number of thiophene rings is 1. The summed E-state index contributed by atoms with van der Waals surface area (Å²) < 4.78 is 15.3. The standard InChI is InChI=1S/C20H17N3O8S/c1-2-29-20(26)17-13(15-4-3-7-30-15)10-32-18(17)22-16(24)9-31-19(25)12-6-5-11(23(27)28)8-14(12)21/h3-8,10H,2,9,21H2,1H3,(H,22,24). The van der Waals surface area contributed by atoms with Crippen LogP contribution in [-0.2, 0) is 14.3 Å². The van der Waals surface area contributed by atoms with E-state index in [0.717, 1.165) is 29.5 Å². The number of amides is 1. The Balaban J connectivity index is 1.70. The van der Waals surface area contributed by atoms with Crippen LogP contribution in [0.3, 0.4) is 0 Å². The minimum Gasteiger partial charge on any atom is -0.464 e. The second-order valence-corrected chi connectivity index (χ2v) is 7.08. The van der Waals surface area contributed by atoms with E-state index < -0.39 is 29.4 Å². The number of nitrogens with two attached hydrogens (primary N) is 1. The number of hydrogen-bond donors (Lipinski definition) is 2. The van der Waals surface area contributed by atoms with Crippen molar-refractivity contribution in [2.75, 3.05) is 24.3 Å². The first kappa shape index (κ1) is 22.5. The zero-order valence-corrected chi connectivity index (χ0v) is 17.5. The number of carbonyl (C=O) groups is 3. The van der Waals surface area contributed by atoms with Gasteiger partial charge < -0.3 is 24.9 Å². The number of nitrogens with zero attached hydrogens (tertiary/aromatic N) is 1. The van der Waals surface area contributed by atoms with Crippen molar-refractivity contribution in [2.24, 2.45) is 0 Å². The summed E-state index contributed by atoms with van der Waals surface area (Å²) in [6.45, 7) is 1.11. The van der Waals surface area contributed by atoms with Crippen molar-refractivity contribution in [3.63, 3.8) is 0 Å². The summed E-state index contributed by atoms with van der Waals surface area (Å²) in [6.07, 6.45) is 1.45. The lowest BCUT2D eigenvalue weighted by Crippen LogP contribution is -2.22. The summed E-state index contributed by atoms with van der Waals surface area (Å²) in [5.41, 5.74) is 5.66. The van der Waals surface area contributed by atoms with Gasteiger partial charge in [-0.2, -0.15) is 0 Å². The average molecular weight is 459 g/mol. The van der Waals surface area contributed by atoms with Crippen LogP contribution in [0.2, 0.25) is 0 Å². The molecule has 0 aliphatic carbocycles. The fourth-order valence-electron chi connectivity index (χ4n) is 2.69. The number of hydrogen-bond acceptors (Lipinski definition) is 10. The molecule has 0 aliphatic heterocycles. The molecule has 3 aromatic rings. The van der Waals surface area contributed by atoms with E-state index in [9.17, 15) is 24.5 Å². The Labute approximate surface area is 184 Å². The van der Waals surface area contributed by atoms with E-state index in [2.05, 4.69) is 5.32 Å². The second kappa shape index (κ2) is 9.75. The van der Waals surface area contributed by atoms with Crippen LogP contribution in [0.5, 0.6) is 0 Å². The SMILES string of the molecule is CCOC(=O)c1c(-c2ccco2)csc1NC(=O)COC(=O)c1ccc([N+](=O)[O-])cc1N. The fraction of sp³-hybridized carbons (Fsp3) is 0.150. The van der Waals surface area contributed by atoms with Gasteiger partial charge in [0.15, 0.2) is 6.61 Å². The normalized spacial score (nSPS) is 10.4. The monoisotopic (exact) mass is 459 g/mol. The topological polar surface area (TPSA) is 164 Å². The van der Waals surface area contributed by atoms with Crippen molar-refractivity contribution >= 4 is 45.6 Å². The summed E-state index contributed by atoms with van der Waals surface area (Å²) in [5, 5.41) is 15.1. The molecule has 0 atom stereocenters. The lowest BCUT2D eigenvalue weighted by molar-refractivity contribution is -0.384. The van der Waals surface area contributed by atoms with E-state index in [0.29, 0.717) is 11.3 Å². The van der Waals surface area contributed by atoms with Crippen LogP contribution in [0.15, 0.2) is 46.4 Å². The molecule has 1 aromatic carbocycles. The van der Waals surface area contributed by atoms with E-state index in [1.165, 1.54) is 6.26 Å². The third-order valence-corrected chi connectivity index (χ3v) is 5.01. The molecule has 0 bridgehead atoms. The van der Waals surface area contributed by atoms with Crippen LogP contribution >= 0.6 is 11.3 Å². The molecule has 11 nitrogen and oxygen atoms in total. The van der Waals surface area contributed by atoms with Gasteiger partial charge in [-0.25, -0.2) is 9.59 Å². The van der Waals surface area contributed by atoms with E-state index in [4.69, 9.17) is 19.6 Å². The van der Waals surface area contributed by atoms with Gasteiger partial charge in [0, 0.05) is 23.1 Å². The maximum Gasteiger partial charge on any atom is 0.341 e. The number of ether oxygens (including phenoxy) is 2. The van der Waals surface area contributed by atoms with Gasteiger partial charge in [0.2, 0.25) is 0 Å². The predicted octanol–water partition coefficient (Wildman–Crippen LogP) is 3.47. The van der Waals surface area contributed by atoms with Crippen molar-refractivity contribution in [3.05, 3.63) is 63.2 Å². The van der Waals surface area contributed by atoms with Crippen LogP contribution < -0.4 is 11.1 Å². The van der Waals surface area contributed by atoms with Gasteiger partial charge >= 0.3 is 11.9 Å². The molecule has 166 valence electrons. The average Bonchev–Trinajstić information content (AvgIpc) is 3.41. The molecule has 32 heavy (non-hydrogen) atoms. The summed E-state index contributed by atoms with van der Waals surface area (Å²) >= 11 is 1.08. The number of non-ortho nitro benzene ring substituents is 1. The number of nitrogens with one attached hydrogen (secondary N) is 1. The van der Waals surface area contributed by atoms with Crippen LogP contribution in [0.1, 0.15) is 27.6 Å². The number of rotatable bonds is 8. The van der Waals surface area contributed by atoms with Gasteiger partial charge in [-0.1, -0.05) is 0 Å². The first-order valence-electron chi connectivity index (χ1n) is 9.15. The van der Waals surface area contributed by atoms with Gasteiger partial charge in [0.1, 0.15) is 16.3 Å². The van der Waals surface area contributed by atoms with Gasteiger partial charge in [0.25, 0.3) is 11.6 Å². The number of nitro benzene ring substituents is 1. The highest BCUT2D eigenvalue weighted by atomic mass is 32.1. The number of furan rings is 1. The molecule has 0 saturated carbocycles. The van der Waals surface area contributed by atoms with Gasteiger partial charge in [-0.05, 0) is 25.1 Å². The zero-order chi connectivity index (χ0) is 23.3. The van der Waals surface area contributed by atoms with Crippen molar-refractivity contribution in [2.45, 2.75) is 6.92 Å². The van der Waals surface area contributed by atoms with Gasteiger partial charge in [-0.3, -0.25) is 14.9 Å². The molecular formula is C20H17N3O8S. The molecule has 2 aromatic heterocycles. The minimum atomic E-state index is -0.930.